The van der Waals surface area contributed by atoms with Gasteiger partial charge in [-0.2, -0.15) is 26.3 Å². The van der Waals surface area contributed by atoms with Crippen molar-refractivity contribution in [1.29, 1.82) is 0 Å². The van der Waals surface area contributed by atoms with E-state index < -0.39 is 60.2 Å². The van der Waals surface area contributed by atoms with Crippen molar-refractivity contribution in [3.8, 4) is 0 Å². The summed E-state index contributed by atoms with van der Waals surface area (Å²) in [4.78, 5) is 33.7. The minimum atomic E-state index is -5.21. The number of carbonyl (C=O) groups is 2. The zero-order valence-corrected chi connectivity index (χ0v) is 29.2. The molecule has 2 aromatic carbocycles. The van der Waals surface area contributed by atoms with E-state index in [9.17, 15) is 63.0 Å². The summed E-state index contributed by atoms with van der Waals surface area (Å²) in [7, 11) is -8.03. The molecular formula is C29H23Cl2F6N5O8S2. The number of aromatic nitrogens is 3. The number of pyridine rings is 1. The molecule has 0 aliphatic rings. The molecule has 2 aromatic heterocycles. The third kappa shape index (κ3) is 9.14. The SMILES string of the molecule is C[C@@](O)(C(=O)Nc1ccc(S(=O)(=O)c2ccncc2)cc1Cl)C(F)(F)F.C[C@@](O)(C(=O)Nc1ccc(S(=O)(=O)c2ncccn2)cc1Cl)C(F)(F)F. The lowest BCUT2D eigenvalue weighted by Gasteiger charge is -2.25. The van der Waals surface area contributed by atoms with Gasteiger partial charge in [-0.05, 0) is 68.4 Å². The maximum atomic E-state index is 12.7. The summed E-state index contributed by atoms with van der Waals surface area (Å²) in [6, 6.07) is 9.94. The number of aliphatic hydroxyl groups is 2. The summed E-state index contributed by atoms with van der Waals surface area (Å²) < 4.78 is 126. The van der Waals surface area contributed by atoms with Crippen LogP contribution in [0.4, 0.5) is 37.7 Å². The molecule has 13 nitrogen and oxygen atoms in total. The smallest absolute Gasteiger partial charge is 0.373 e. The first-order chi connectivity index (χ1) is 23.7. The van der Waals surface area contributed by atoms with Gasteiger partial charge in [-0.15, -0.1) is 0 Å². The van der Waals surface area contributed by atoms with Crippen molar-refractivity contribution in [3.05, 3.63) is 89.4 Å². The van der Waals surface area contributed by atoms with Gasteiger partial charge in [0.2, 0.25) is 30.9 Å². The van der Waals surface area contributed by atoms with Gasteiger partial charge in [-0.3, -0.25) is 14.6 Å². The Hall–Kier alpha value is -4.41. The van der Waals surface area contributed by atoms with Crippen LogP contribution in [0.3, 0.4) is 0 Å². The van der Waals surface area contributed by atoms with E-state index in [0.29, 0.717) is 6.92 Å². The number of sulfone groups is 2. The minimum absolute atomic E-state index is 0.0552. The van der Waals surface area contributed by atoms with Crippen LogP contribution in [0.1, 0.15) is 13.8 Å². The number of halogens is 8. The van der Waals surface area contributed by atoms with Gasteiger partial charge in [0.15, 0.2) is 0 Å². The first kappa shape index (κ1) is 42.0. The lowest BCUT2D eigenvalue weighted by atomic mass is 10.1. The molecule has 2 heterocycles. The fraction of sp³-hybridized carbons (Fsp3) is 0.207. The Bertz CT molecular complexity index is 2020. The fourth-order valence-corrected chi connectivity index (χ4v) is 6.44. The number of amides is 2. The van der Waals surface area contributed by atoms with Crippen molar-refractivity contribution >= 4 is 66.1 Å². The van der Waals surface area contributed by atoms with Crippen LogP contribution in [0, 0.1) is 0 Å². The van der Waals surface area contributed by atoms with Crippen LogP contribution in [0.2, 0.25) is 10.0 Å². The molecule has 4 N–H and O–H groups in total. The van der Waals surface area contributed by atoms with Crippen LogP contribution in [0.5, 0.6) is 0 Å². The van der Waals surface area contributed by atoms with Gasteiger partial charge in [0, 0.05) is 24.8 Å². The molecule has 0 spiro atoms. The van der Waals surface area contributed by atoms with Crippen molar-refractivity contribution < 1.29 is 63.0 Å². The van der Waals surface area contributed by atoms with Crippen molar-refractivity contribution in [2.45, 2.75) is 57.2 Å². The van der Waals surface area contributed by atoms with Crippen LogP contribution in [-0.4, -0.2) is 77.4 Å². The van der Waals surface area contributed by atoms with Crippen LogP contribution in [0.15, 0.2) is 99.2 Å². The van der Waals surface area contributed by atoms with Crippen molar-refractivity contribution in [2.24, 2.45) is 0 Å². The number of nitrogens with zero attached hydrogens (tertiary/aromatic N) is 3. The highest BCUT2D eigenvalue weighted by molar-refractivity contribution is 7.91. The molecular weight excluding hydrogens is 795 g/mol. The number of hydrogen-bond acceptors (Lipinski definition) is 11. The predicted molar refractivity (Wildman–Crippen MR) is 171 cm³/mol. The summed E-state index contributed by atoms with van der Waals surface area (Å²) in [5.74, 6) is -3.52. The number of hydrogen-bond donors (Lipinski definition) is 4. The van der Waals surface area contributed by atoms with E-state index in [1.54, 1.807) is 0 Å². The monoisotopic (exact) mass is 817 g/mol. The Morgan fingerprint density at radius 1 is 0.635 bits per heavy atom. The molecule has 280 valence electrons. The molecule has 2 atom stereocenters. The average Bonchev–Trinajstić information content (AvgIpc) is 3.06. The lowest BCUT2D eigenvalue weighted by Crippen LogP contribution is -2.52. The van der Waals surface area contributed by atoms with Gasteiger partial charge < -0.3 is 20.8 Å². The molecule has 0 aliphatic carbocycles. The van der Waals surface area contributed by atoms with Crippen molar-refractivity contribution in [2.75, 3.05) is 10.6 Å². The Kier molecular flexibility index (Phi) is 12.3. The molecule has 2 amide bonds. The Morgan fingerprint density at radius 2 is 1.02 bits per heavy atom. The van der Waals surface area contributed by atoms with Crippen molar-refractivity contribution in [3.63, 3.8) is 0 Å². The second kappa shape index (κ2) is 15.3. The van der Waals surface area contributed by atoms with Crippen LogP contribution < -0.4 is 10.6 Å². The molecule has 0 fully saturated rings. The lowest BCUT2D eigenvalue weighted by molar-refractivity contribution is -0.243. The molecule has 0 radical (unpaired) electrons. The topological polar surface area (TPSA) is 206 Å². The first-order valence-electron chi connectivity index (χ1n) is 13.7. The summed E-state index contributed by atoms with van der Waals surface area (Å²) in [6.07, 6.45) is -5.42. The van der Waals surface area contributed by atoms with Crippen LogP contribution >= 0.6 is 23.2 Å². The normalized spacial score (nSPS) is 14.5. The third-order valence-corrected chi connectivity index (χ3v) is 10.7. The molecule has 0 aliphatic heterocycles. The fourth-order valence-electron chi connectivity index (χ4n) is 3.46. The van der Waals surface area contributed by atoms with E-state index in [2.05, 4.69) is 15.0 Å². The number of rotatable bonds is 8. The summed E-state index contributed by atoms with van der Waals surface area (Å²) >= 11 is 11.7. The second-order valence-electron chi connectivity index (χ2n) is 10.6. The van der Waals surface area contributed by atoms with E-state index in [0.717, 1.165) is 36.4 Å². The quantitative estimate of drug-likeness (QED) is 0.137. The molecule has 0 bridgehead atoms. The summed E-state index contributed by atoms with van der Waals surface area (Å²) in [6.45, 7) is 0.570. The van der Waals surface area contributed by atoms with Gasteiger partial charge in [-0.25, -0.2) is 26.8 Å². The number of alkyl halides is 6. The van der Waals surface area contributed by atoms with E-state index in [1.807, 2.05) is 10.6 Å². The number of benzene rings is 2. The second-order valence-corrected chi connectivity index (χ2v) is 15.2. The third-order valence-electron chi connectivity index (χ3n) is 6.73. The van der Waals surface area contributed by atoms with Crippen LogP contribution in [-0.2, 0) is 29.3 Å². The minimum Gasteiger partial charge on any atom is -0.373 e. The highest BCUT2D eigenvalue weighted by Crippen LogP contribution is 2.35. The van der Waals surface area contributed by atoms with E-state index in [4.69, 9.17) is 23.2 Å². The highest BCUT2D eigenvalue weighted by atomic mass is 35.5. The molecule has 4 rings (SSSR count). The first-order valence-corrected chi connectivity index (χ1v) is 17.4. The maximum absolute atomic E-state index is 12.7. The highest BCUT2D eigenvalue weighted by Gasteiger charge is 2.56. The standard InChI is InChI=1S/C15H12ClF3N2O4S.C14H11ClF3N3O4S/c1-14(23,15(17,18)19)13(22)21-12-3-2-10(8-11(12)16)26(24,25)9-4-6-20-7-5-9;1-13(23,14(16,17)18)11(22)21-10-4-3-8(7-9(10)15)26(24,25)12-19-5-2-6-20-12/h2-8,23H,1H3,(H,21,22);2-7,23H,1H3,(H,21,22)/t14-;13-/m11/s1. The van der Waals surface area contributed by atoms with Gasteiger partial charge >= 0.3 is 12.4 Å². The van der Waals surface area contributed by atoms with E-state index in [-0.39, 0.29) is 43.0 Å². The van der Waals surface area contributed by atoms with E-state index in [1.165, 1.54) is 43.0 Å². The summed E-state index contributed by atoms with van der Waals surface area (Å²) in [5, 5.41) is 21.1. The number of nitrogens with one attached hydrogen (secondary N) is 2. The Labute approximate surface area is 300 Å². The van der Waals surface area contributed by atoms with Gasteiger partial charge in [0.1, 0.15) is 0 Å². The van der Waals surface area contributed by atoms with Crippen molar-refractivity contribution in [1.82, 2.24) is 15.0 Å². The number of anilines is 2. The van der Waals surface area contributed by atoms with Gasteiger partial charge in [0.25, 0.3) is 17.0 Å². The molecule has 0 saturated carbocycles. The molecule has 23 heteroatoms. The molecule has 0 saturated heterocycles. The zero-order chi connectivity index (χ0) is 39.5. The molecule has 52 heavy (non-hydrogen) atoms. The van der Waals surface area contributed by atoms with Gasteiger partial charge in [0.05, 0.1) is 36.1 Å². The largest absolute Gasteiger partial charge is 0.426 e. The average molecular weight is 819 g/mol. The molecule has 4 aromatic rings. The van der Waals surface area contributed by atoms with Gasteiger partial charge in [-0.1, -0.05) is 23.2 Å². The number of carbonyl (C=O) groups excluding carboxylic acids is 2. The summed E-state index contributed by atoms with van der Waals surface area (Å²) in [5.41, 5.74) is -7.89. The van der Waals surface area contributed by atoms with Crippen LogP contribution in [0.25, 0.3) is 0 Å². The molecule has 0 unspecified atom stereocenters. The Morgan fingerprint density at radius 3 is 1.38 bits per heavy atom. The maximum Gasteiger partial charge on any atom is 0.426 e. The van der Waals surface area contributed by atoms with E-state index >= 15 is 0 Å². The Balaban J connectivity index is 0.000000280. The zero-order valence-electron chi connectivity index (χ0n) is 26.0. The predicted octanol–water partition coefficient (Wildman–Crippen LogP) is 5.03.